The van der Waals surface area contributed by atoms with Gasteiger partial charge in [-0.1, -0.05) is 12.1 Å². The van der Waals surface area contributed by atoms with E-state index in [0.717, 1.165) is 28.6 Å². The van der Waals surface area contributed by atoms with Crippen molar-refractivity contribution in [2.75, 3.05) is 13.1 Å². The van der Waals surface area contributed by atoms with Crippen molar-refractivity contribution in [1.29, 1.82) is 0 Å². The summed E-state index contributed by atoms with van der Waals surface area (Å²) in [5, 5.41) is 2.61. The molecule has 0 saturated carbocycles. The summed E-state index contributed by atoms with van der Waals surface area (Å²) in [5.74, 6) is -1.53. The number of piperazine rings is 1. The Kier molecular flexibility index (Phi) is 4.33. The van der Waals surface area contributed by atoms with Crippen molar-refractivity contribution in [3.8, 4) is 0 Å². The lowest BCUT2D eigenvalue weighted by Crippen LogP contribution is -2.52. The summed E-state index contributed by atoms with van der Waals surface area (Å²) in [6, 6.07) is 8.37. The highest BCUT2D eigenvalue weighted by Gasteiger charge is 2.39. The molecule has 1 aliphatic rings. The van der Waals surface area contributed by atoms with Crippen LogP contribution in [0.15, 0.2) is 53.4 Å². The fourth-order valence-corrected chi connectivity index (χ4v) is 4.19. The molecule has 8 heteroatoms. The zero-order chi connectivity index (χ0) is 17.3. The second kappa shape index (κ2) is 6.29. The third kappa shape index (κ3) is 3.02. The molecule has 1 aliphatic heterocycles. The van der Waals surface area contributed by atoms with Crippen LogP contribution in [-0.2, 0) is 14.8 Å². The minimum atomic E-state index is -4.01. The Morgan fingerprint density at radius 1 is 0.958 bits per heavy atom. The summed E-state index contributed by atoms with van der Waals surface area (Å²) in [7, 11) is -4.01. The number of carbonyl (C=O) groups is 1. The number of hydrogen-bond acceptors (Lipinski definition) is 3. The number of amides is 1. The van der Waals surface area contributed by atoms with Gasteiger partial charge in [-0.3, -0.25) is 4.79 Å². The molecule has 0 radical (unpaired) electrons. The van der Waals surface area contributed by atoms with Crippen molar-refractivity contribution in [2.45, 2.75) is 10.9 Å². The van der Waals surface area contributed by atoms with Crippen molar-refractivity contribution in [1.82, 2.24) is 9.62 Å². The van der Waals surface area contributed by atoms with Gasteiger partial charge in [0.25, 0.3) is 0 Å². The van der Waals surface area contributed by atoms with Crippen LogP contribution in [0.3, 0.4) is 0 Å². The zero-order valence-corrected chi connectivity index (χ0v) is 13.3. The molecule has 0 aromatic heterocycles. The summed E-state index contributed by atoms with van der Waals surface area (Å²) in [5.41, 5.74) is 0.360. The van der Waals surface area contributed by atoms with Crippen molar-refractivity contribution in [2.24, 2.45) is 0 Å². The summed E-state index contributed by atoms with van der Waals surface area (Å²) < 4.78 is 52.9. The predicted molar refractivity (Wildman–Crippen MR) is 82.4 cm³/mol. The smallest absolute Gasteiger partial charge is 0.244 e. The van der Waals surface area contributed by atoms with Crippen LogP contribution in [0.25, 0.3) is 0 Å². The Morgan fingerprint density at radius 2 is 1.50 bits per heavy atom. The third-order valence-corrected chi connectivity index (χ3v) is 5.65. The first kappa shape index (κ1) is 16.5. The Balaban J connectivity index is 2.04. The SMILES string of the molecule is O=C1NCCN(S(=O)(=O)c2ccc(F)cc2)C1c1ccc(F)cc1. The number of rotatable bonds is 3. The number of hydrogen-bond donors (Lipinski definition) is 1. The molecule has 3 rings (SSSR count). The second-order valence-electron chi connectivity index (χ2n) is 5.31. The molecule has 1 amide bonds. The Labute approximate surface area is 138 Å². The lowest BCUT2D eigenvalue weighted by molar-refractivity contribution is -0.126. The van der Waals surface area contributed by atoms with E-state index in [-0.39, 0.29) is 18.0 Å². The molecular formula is C16H14F2N2O3S. The molecular weight excluding hydrogens is 338 g/mol. The fourth-order valence-electron chi connectivity index (χ4n) is 2.61. The molecule has 24 heavy (non-hydrogen) atoms. The van der Waals surface area contributed by atoms with Crippen LogP contribution in [0, 0.1) is 11.6 Å². The maximum Gasteiger partial charge on any atom is 0.244 e. The van der Waals surface area contributed by atoms with Crippen molar-refractivity contribution >= 4 is 15.9 Å². The van der Waals surface area contributed by atoms with Gasteiger partial charge in [0.1, 0.15) is 17.7 Å². The van der Waals surface area contributed by atoms with Crippen LogP contribution in [0.4, 0.5) is 8.78 Å². The molecule has 1 unspecified atom stereocenters. The molecule has 5 nitrogen and oxygen atoms in total. The van der Waals surface area contributed by atoms with Crippen LogP contribution in [0.1, 0.15) is 11.6 Å². The lowest BCUT2D eigenvalue weighted by Gasteiger charge is -2.34. The second-order valence-corrected chi connectivity index (χ2v) is 7.21. The monoisotopic (exact) mass is 352 g/mol. The van der Waals surface area contributed by atoms with E-state index < -0.39 is 33.6 Å². The van der Waals surface area contributed by atoms with Gasteiger partial charge in [-0.2, -0.15) is 4.31 Å². The van der Waals surface area contributed by atoms with E-state index in [0.29, 0.717) is 5.56 Å². The van der Waals surface area contributed by atoms with Crippen LogP contribution >= 0.6 is 0 Å². The largest absolute Gasteiger partial charge is 0.353 e. The van der Waals surface area contributed by atoms with E-state index in [9.17, 15) is 22.0 Å². The number of carbonyl (C=O) groups excluding carboxylic acids is 1. The van der Waals surface area contributed by atoms with Crippen molar-refractivity contribution in [3.63, 3.8) is 0 Å². The van der Waals surface area contributed by atoms with Crippen LogP contribution in [0.2, 0.25) is 0 Å². The van der Waals surface area contributed by atoms with E-state index in [2.05, 4.69) is 5.32 Å². The van der Waals surface area contributed by atoms with E-state index >= 15 is 0 Å². The molecule has 1 atom stereocenters. The molecule has 1 saturated heterocycles. The standard InChI is InChI=1S/C16H14F2N2O3S/c17-12-3-1-11(2-4-12)15-16(21)19-9-10-20(15)24(22,23)14-7-5-13(18)6-8-14/h1-8,15H,9-10H2,(H,19,21). The molecule has 0 spiro atoms. The van der Waals surface area contributed by atoms with Gasteiger partial charge in [0.2, 0.25) is 15.9 Å². The first-order valence-electron chi connectivity index (χ1n) is 7.20. The number of benzene rings is 2. The fraction of sp³-hybridized carbons (Fsp3) is 0.188. The number of sulfonamides is 1. The number of halogens is 2. The highest BCUT2D eigenvalue weighted by Crippen LogP contribution is 2.29. The van der Waals surface area contributed by atoms with Crippen LogP contribution in [-0.4, -0.2) is 31.7 Å². The molecule has 2 aromatic carbocycles. The van der Waals surface area contributed by atoms with Gasteiger partial charge in [0.15, 0.2) is 0 Å². The van der Waals surface area contributed by atoms with Crippen molar-refractivity contribution in [3.05, 3.63) is 65.7 Å². The molecule has 1 heterocycles. The van der Waals surface area contributed by atoms with Gasteiger partial charge in [0, 0.05) is 13.1 Å². The van der Waals surface area contributed by atoms with Gasteiger partial charge in [-0.15, -0.1) is 0 Å². The topological polar surface area (TPSA) is 66.5 Å². The van der Waals surface area contributed by atoms with Gasteiger partial charge in [-0.05, 0) is 42.0 Å². The van der Waals surface area contributed by atoms with Crippen LogP contribution < -0.4 is 5.32 Å². The molecule has 0 aliphatic carbocycles. The number of nitrogens with one attached hydrogen (secondary N) is 1. The minimum Gasteiger partial charge on any atom is -0.353 e. The maximum absolute atomic E-state index is 13.1. The Bertz CT molecular complexity index is 852. The highest BCUT2D eigenvalue weighted by atomic mass is 32.2. The Morgan fingerprint density at radius 3 is 2.08 bits per heavy atom. The molecule has 1 N–H and O–H groups in total. The summed E-state index contributed by atoms with van der Waals surface area (Å²) in [6.45, 7) is 0.227. The normalized spacial score (nSPS) is 19.1. The summed E-state index contributed by atoms with van der Waals surface area (Å²) in [6.07, 6.45) is 0. The van der Waals surface area contributed by atoms with E-state index in [1.54, 1.807) is 0 Å². The van der Waals surface area contributed by atoms with E-state index in [1.807, 2.05) is 0 Å². The molecule has 126 valence electrons. The summed E-state index contributed by atoms with van der Waals surface area (Å²) >= 11 is 0. The first-order chi connectivity index (χ1) is 11.4. The van der Waals surface area contributed by atoms with Gasteiger partial charge in [0.05, 0.1) is 4.90 Å². The summed E-state index contributed by atoms with van der Waals surface area (Å²) in [4.78, 5) is 12.1. The highest BCUT2D eigenvalue weighted by molar-refractivity contribution is 7.89. The zero-order valence-electron chi connectivity index (χ0n) is 12.4. The average Bonchev–Trinajstić information content (AvgIpc) is 2.56. The molecule has 0 bridgehead atoms. The van der Waals surface area contributed by atoms with Crippen LogP contribution in [0.5, 0.6) is 0 Å². The van der Waals surface area contributed by atoms with Gasteiger partial charge >= 0.3 is 0 Å². The lowest BCUT2D eigenvalue weighted by atomic mass is 10.0. The van der Waals surface area contributed by atoms with Gasteiger partial charge in [-0.25, -0.2) is 17.2 Å². The average molecular weight is 352 g/mol. The molecule has 2 aromatic rings. The number of nitrogens with zero attached hydrogens (tertiary/aromatic N) is 1. The third-order valence-electron chi connectivity index (χ3n) is 3.77. The van der Waals surface area contributed by atoms with E-state index in [4.69, 9.17) is 0 Å². The minimum absolute atomic E-state index is 0.0630. The quantitative estimate of drug-likeness (QED) is 0.916. The maximum atomic E-state index is 13.1. The van der Waals surface area contributed by atoms with E-state index in [1.165, 1.54) is 24.3 Å². The first-order valence-corrected chi connectivity index (χ1v) is 8.64. The van der Waals surface area contributed by atoms with Crippen molar-refractivity contribution < 1.29 is 22.0 Å². The van der Waals surface area contributed by atoms with Gasteiger partial charge < -0.3 is 5.32 Å². The molecule has 1 fully saturated rings. The Hall–Kier alpha value is -2.32. The predicted octanol–water partition coefficient (Wildman–Crippen LogP) is 1.83.